The van der Waals surface area contributed by atoms with Crippen molar-refractivity contribution in [1.29, 1.82) is 0 Å². The summed E-state index contributed by atoms with van der Waals surface area (Å²) in [5.41, 5.74) is 0.716. The number of amides is 1. The fourth-order valence-electron chi connectivity index (χ4n) is 2.41. The van der Waals surface area contributed by atoms with Crippen LogP contribution in [0.5, 0.6) is 0 Å². The highest BCUT2D eigenvalue weighted by Crippen LogP contribution is 2.15. The van der Waals surface area contributed by atoms with Crippen molar-refractivity contribution in [3.05, 3.63) is 34.3 Å². The predicted octanol–water partition coefficient (Wildman–Crippen LogP) is 2.52. The van der Waals surface area contributed by atoms with Gasteiger partial charge in [-0.05, 0) is 50.6 Å². The SMILES string of the molecule is CN1CCCC(CNC(=O)c2cccc(Br)c2)C1. The molecule has 4 heteroatoms. The third kappa shape index (κ3) is 3.82. The standard InChI is InChI=1S/C14H19BrN2O/c1-17-7-3-4-11(10-17)9-16-14(18)12-5-2-6-13(15)8-12/h2,5-6,8,11H,3-4,7,9-10H2,1H3,(H,16,18). The van der Waals surface area contributed by atoms with Crippen LogP contribution in [-0.2, 0) is 0 Å². The maximum Gasteiger partial charge on any atom is 0.251 e. The number of piperidine rings is 1. The van der Waals surface area contributed by atoms with Crippen molar-refractivity contribution >= 4 is 21.8 Å². The van der Waals surface area contributed by atoms with Crippen LogP contribution in [-0.4, -0.2) is 37.5 Å². The van der Waals surface area contributed by atoms with Gasteiger partial charge in [0, 0.05) is 23.1 Å². The highest BCUT2D eigenvalue weighted by atomic mass is 79.9. The molecule has 3 nitrogen and oxygen atoms in total. The lowest BCUT2D eigenvalue weighted by Crippen LogP contribution is -2.39. The average Bonchev–Trinajstić information content (AvgIpc) is 2.36. The topological polar surface area (TPSA) is 32.3 Å². The minimum absolute atomic E-state index is 0.0181. The van der Waals surface area contributed by atoms with Crippen molar-refractivity contribution in [3.8, 4) is 0 Å². The van der Waals surface area contributed by atoms with Crippen LogP contribution in [0.15, 0.2) is 28.7 Å². The van der Waals surface area contributed by atoms with Crippen LogP contribution in [0.2, 0.25) is 0 Å². The van der Waals surface area contributed by atoms with Gasteiger partial charge in [-0.15, -0.1) is 0 Å². The molecule has 0 aliphatic carbocycles. The summed E-state index contributed by atoms with van der Waals surface area (Å²) in [6, 6.07) is 7.50. The second-order valence-electron chi connectivity index (χ2n) is 4.99. The van der Waals surface area contributed by atoms with E-state index in [0.29, 0.717) is 11.5 Å². The molecule has 1 N–H and O–H groups in total. The molecule has 1 fully saturated rings. The highest BCUT2D eigenvalue weighted by Gasteiger charge is 2.17. The number of carbonyl (C=O) groups is 1. The molecule has 0 saturated carbocycles. The summed E-state index contributed by atoms with van der Waals surface area (Å²) in [4.78, 5) is 14.3. The first-order valence-corrected chi connectivity index (χ1v) is 7.17. The first-order valence-electron chi connectivity index (χ1n) is 6.37. The van der Waals surface area contributed by atoms with E-state index in [-0.39, 0.29) is 5.91 Å². The number of likely N-dealkylation sites (tertiary alicyclic amines) is 1. The number of nitrogens with one attached hydrogen (secondary N) is 1. The summed E-state index contributed by atoms with van der Waals surface area (Å²) < 4.78 is 0.938. The van der Waals surface area contributed by atoms with Gasteiger partial charge in [-0.25, -0.2) is 0 Å². The van der Waals surface area contributed by atoms with Gasteiger partial charge in [0.05, 0.1) is 0 Å². The summed E-state index contributed by atoms with van der Waals surface area (Å²) >= 11 is 3.38. The van der Waals surface area contributed by atoms with Gasteiger partial charge in [-0.3, -0.25) is 4.79 Å². The van der Waals surface area contributed by atoms with Crippen molar-refractivity contribution in [2.45, 2.75) is 12.8 Å². The Labute approximate surface area is 117 Å². The van der Waals surface area contributed by atoms with Crippen LogP contribution in [0.1, 0.15) is 23.2 Å². The van der Waals surface area contributed by atoms with Gasteiger partial charge in [0.25, 0.3) is 5.91 Å². The summed E-state index contributed by atoms with van der Waals surface area (Å²) in [6.07, 6.45) is 2.44. The number of halogens is 1. The number of carbonyl (C=O) groups excluding carboxylic acids is 1. The summed E-state index contributed by atoms with van der Waals surface area (Å²) in [6.45, 7) is 3.03. The molecule has 1 unspecified atom stereocenters. The van der Waals surface area contributed by atoms with E-state index in [1.54, 1.807) is 0 Å². The molecule has 1 amide bonds. The zero-order chi connectivity index (χ0) is 13.0. The number of hydrogen-bond acceptors (Lipinski definition) is 2. The Morgan fingerprint density at radius 3 is 3.11 bits per heavy atom. The third-order valence-electron chi connectivity index (χ3n) is 3.36. The van der Waals surface area contributed by atoms with E-state index in [4.69, 9.17) is 0 Å². The van der Waals surface area contributed by atoms with E-state index >= 15 is 0 Å². The maximum atomic E-state index is 12.0. The molecule has 1 aromatic carbocycles. The fourth-order valence-corrected chi connectivity index (χ4v) is 2.81. The quantitative estimate of drug-likeness (QED) is 0.930. The van der Waals surface area contributed by atoms with Crippen molar-refractivity contribution in [3.63, 3.8) is 0 Å². The lowest BCUT2D eigenvalue weighted by Gasteiger charge is -2.29. The molecule has 2 rings (SSSR count). The molecule has 98 valence electrons. The Bertz CT molecular complexity index is 422. The molecule has 1 aromatic rings. The lowest BCUT2D eigenvalue weighted by molar-refractivity contribution is 0.0937. The molecule has 0 radical (unpaired) electrons. The Hall–Kier alpha value is -0.870. The minimum atomic E-state index is 0.0181. The smallest absolute Gasteiger partial charge is 0.251 e. The Balaban J connectivity index is 1.84. The number of nitrogens with zero attached hydrogens (tertiary/aromatic N) is 1. The van der Waals surface area contributed by atoms with Crippen LogP contribution in [0, 0.1) is 5.92 Å². The number of hydrogen-bond donors (Lipinski definition) is 1. The number of benzene rings is 1. The maximum absolute atomic E-state index is 12.0. The van der Waals surface area contributed by atoms with E-state index in [2.05, 4.69) is 33.2 Å². The predicted molar refractivity (Wildman–Crippen MR) is 76.7 cm³/mol. The van der Waals surface area contributed by atoms with E-state index in [1.165, 1.54) is 19.4 Å². The van der Waals surface area contributed by atoms with E-state index < -0.39 is 0 Å². The zero-order valence-electron chi connectivity index (χ0n) is 10.7. The Morgan fingerprint density at radius 2 is 2.39 bits per heavy atom. The molecule has 1 atom stereocenters. The van der Waals surface area contributed by atoms with E-state index in [9.17, 15) is 4.79 Å². The molecule has 1 aliphatic rings. The Kier molecular flexibility index (Phi) is 4.78. The van der Waals surface area contributed by atoms with E-state index in [0.717, 1.165) is 17.6 Å². The minimum Gasteiger partial charge on any atom is -0.352 e. The van der Waals surface area contributed by atoms with Gasteiger partial charge in [0.1, 0.15) is 0 Å². The van der Waals surface area contributed by atoms with Gasteiger partial charge >= 0.3 is 0 Å². The third-order valence-corrected chi connectivity index (χ3v) is 3.85. The van der Waals surface area contributed by atoms with Crippen LogP contribution in [0.3, 0.4) is 0 Å². The molecule has 0 aromatic heterocycles. The van der Waals surface area contributed by atoms with Gasteiger partial charge in [0.15, 0.2) is 0 Å². The molecular weight excluding hydrogens is 292 g/mol. The van der Waals surface area contributed by atoms with Crippen LogP contribution in [0.25, 0.3) is 0 Å². The van der Waals surface area contributed by atoms with Gasteiger partial charge in [-0.2, -0.15) is 0 Å². The largest absolute Gasteiger partial charge is 0.352 e. The molecule has 1 saturated heterocycles. The second kappa shape index (κ2) is 6.34. The normalized spacial score (nSPS) is 20.7. The lowest BCUT2D eigenvalue weighted by atomic mass is 9.98. The molecule has 1 heterocycles. The van der Waals surface area contributed by atoms with Crippen LogP contribution in [0.4, 0.5) is 0 Å². The average molecular weight is 311 g/mol. The summed E-state index contributed by atoms with van der Waals surface area (Å²) in [7, 11) is 2.14. The van der Waals surface area contributed by atoms with Crippen LogP contribution >= 0.6 is 15.9 Å². The van der Waals surface area contributed by atoms with Gasteiger partial charge < -0.3 is 10.2 Å². The Morgan fingerprint density at radius 1 is 1.56 bits per heavy atom. The van der Waals surface area contributed by atoms with Crippen molar-refractivity contribution in [1.82, 2.24) is 10.2 Å². The second-order valence-corrected chi connectivity index (χ2v) is 5.91. The van der Waals surface area contributed by atoms with Gasteiger partial charge in [0.2, 0.25) is 0 Å². The first-order chi connectivity index (χ1) is 8.65. The number of rotatable bonds is 3. The molecule has 1 aliphatic heterocycles. The molecule has 0 spiro atoms. The molecule has 0 bridgehead atoms. The van der Waals surface area contributed by atoms with Crippen LogP contribution < -0.4 is 5.32 Å². The van der Waals surface area contributed by atoms with Crippen molar-refractivity contribution < 1.29 is 4.79 Å². The first kappa shape index (κ1) is 13.6. The molecular formula is C14H19BrN2O. The van der Waals surface area contributed by atoms with Crippen molar-refractivity contribution in [2.24, 2.45) is 5.92 Å². The van der Waals surface area contributed by atoms with Gasteiger partial charge in [-0.1, -0.05) is 22.0 Å². The fraction of sp³-hybridized carbons (Fsp3) is 0.500. The van der Waals surface area contributed by atoms with Crippen molar-refractivity contribution in [2.75, 3.05) is 26.7 Å². The monoisotopic (exact) mass is 310 g/mol. The zero-order valence-corrected chi connectivity index (χ0v) is 12.2. The highest BCUT2D eigenvalue weighted by molar-refractivity contribution is 9.10. The van der Waals surface area contributed by atoms with E-state index in [1.807, 2.05) is 24.3 Å². The molecule has 18 heavy (non-hydrogen) atoms. The summed E-state index contributed by atoms with van der Waals surface area (Å²) in [5.74, 6) is 0.601. The summed E-state index contributed by atoms with van der Waals surface area (Å²) in [5, 5.41) is 3.03.